The van der Waals surface area contributed by atoms with Gasteiger partial charge in [-0.15, -0.1) is 0 Å². The first-order valence-corrected chi connectivity index (χ1v) is 9.57. The van der Waals surface area contributed by atoms with E-state index in [9.17, 15) is 0 Å². The predicted octanol–water partition coefficient (Wildman–Crippen LogP) is 4.71. The van der Waals surface area contributed by atoms with Gasteiger partial charge in [-0.1, -0.05) is 20.8 Å². The van der Waals surface area contributed by atoms with Crippen molar-refractivity contribution in [3.05, 3.63) is 0 Å². The fraction of sp³-hybridized carbons (Fsp3) is 1.00. The Morgan fingerprint density at radius 1 is 1.16 bits per heavy atom. The lowest BCUT2D eigenvalue weighted by molar-refractivity contribution is 0.109. The molecule has 0 radical (unpaired) electrons. The van der Waals surface area contributed by atoms with Gasteiger partial charge in [0, 0.05) is 6.04 Å². The van der Waals surface area contributed by atoms with E-state index in [-0.39, 0.29) is 0 Å². The SMILES string of the molecule is CCSCCCC1CC(C)(C)CCC1CNC1CC1. The quantitative estimate of drug-likeness (QED) is 0.647. The van der Waals surface area contributed by atoms with Crippen LogP contribution in [0.15, 0.2) is 0 Å². The largest absolute Gasteiger partial charge is 0.314 e. The van der Waals surface area contributed by atoms with Crippen molar-refractivity contribution < 1.29 is 0 Å². The van der Waals surface area contributed by atoms with Gasteiger partial charge in [-0.2, -0.15) is 11.8 Å². The van der Waals surface area contributed by atoms with Crippen LogP contribution in [0.4, 0.5) is 0 Å². The van der Waals surface area contributed by atoms with Gasteiger partial charge in [0.2, 0.25) is 0 Å². The van der Waals surface area contributed by atoms with Crippen LogP contribution in [-0.2, 0) is 0 Å². The summed E-state index contributed by atoms with van der Waals surface area (Å²) in [5, 5.41) is 3.78. The highest BCUT2D eigenvalue weighted by Crippen LogP contribution is 2.43. The minimum atomic E-state index is 0.596. The third kappa shape index (κ3) is 5.67. The van der Waals surface area contributed by atoms with E-state index in [0.29, 0.717) is 5.41 Å². The zero-order valence-corrected chi connectivity index (χ0v) is 14.0. The lowest BCUT2D eigenvalue weighted by atomic mass is 9.66. The second kappa shape index (κ2) is 7.36. The van der Waals surface area contributed by atoms with Crippen molar-refractivity contribution in [3.8, 4) is 0 Å². The highest BCUT2D eigenvalue weighted by atomic mass is 32.2. The first-order chi connectivity index (χ1) is 9.11. The summed E-state index contributed by atoms with van der Waals surface area (Å²) in [7, 11) is 0. The van der Waals surface area contributed by atoms with E-state index in [1.54, 1.807) is 0 Å². The molecule has 1 nitrogen and oxygen atoms in total. The van der Waals surface area contributed by atoms with Gasteiger partial charge >= 0.3 is 0 Å². The third-order valence-electron chi connectivity index (χ3n) is 4.99. The molecule has 19 heavy (non-hydrogen) atoms. The average molecular weight is 284 g/mol. The first-order valence-electron chi connectivity index (χ1n) is 8.42. The number of rotatable bonds is 8. The molecule has 2 heteroatoms. The van der Waals surface area contributed by atoms with Crippen LogP contribution in [0.25, 0.3) is 0 Å². The van der Waals surface area contributed by atoms with Crippen molar-refractivity contribution in [3.63, 3.8) is 0 Å². The van der Waals surface area contributed by atoms with Gasteiger partial charge in [0.25, 0.3) is 0 Å². The summed E-state index contributed by atoms with van der Waals surface area (Å²) >= 11 is 2.11. The van der Waals surface area contributed by atoms with Crippen LogP contribution in [0.5, 0.6) is 0 Å². The van der Waals surface area contributed by atoms with Crippen molar-refractivity contribution in [2.45, 2.75) is 71.8 Å². The molecule has 0 amide bonds. The fourth-order valence-electron chi connectivity index (χ4n) is 3.59. The molecule has 2 saturated carbocycles. The standard InChI is InChI=1S/C17H33NS/c1-4-19-11-5-6-14-12-17(2,3)10-9-15(14)13-18-16-7-8-16/h14-16,18H,4-13H2,1-3H3. The van der Waals surface area contributed by atoms with Gasteiger partial charge in [-0.25, -0.2) is 0 Å². The zero-order chi connectivity index (χ0) is 13.7. The first kappa shape index (κ1) is 15.7. The molecular formula is C17H33NS. The maximum atomic E-state index is 3.78. The molecule has 0 saturated heterocycles. The van der Waals surface area contributed by atoms with Crippen LogP contribution in [0.1, 0.15) is 65.7 Å². The minimum Gasteiger partial charge on any atom is -0.314 e. The Morgan fingerprint density at radius 2 is 1.95 bits per heavy atom. The zero-order valence-electron chi connectivity index (χ0n) is 13.2. The molecule has 1 N–H and O–H groups in total. The Hall–Kier alpha value is 0.310. The molecule has 0 spiro atoms. The predicted molar refractivity (Wildman–Crippen MR) is 87.9 cm³/mol. The second-order valence-electron chi connectivity index (χ2n) is 7.45. The lowest BCUT2D eigenvalue weighted by Gasteiger charge is -2.41. The summed E-state index contributed by atoms with van der Waals surface area (Å²) in [6.07, 6.45) is 10.1. The molecule has 2 unspecified atom stereocenters. The van der Waals surface area contributed by atoms with Crippen LogP contribution in [0.2, 0.25) is 0 Å². The number of hydrogen-bond acceptors (Lipinski definition) is 2. The Kier molecular flexibility index (Phi) is 6.08. The fourth-order valence-corrected chi connectivity index (χ4v) is 4.25. The van der Waals surface area contributed by atoms with E-state index >= 15 is 0 Å². The molecule has 112 valence electrons. The van der Waals surface area contributed by atoms with E-state index in [1.807, 2.05) is 0 Å². The Balaban J connectivity index is 1.76. The van der Waals surface area contributed by atoms with Gasteiger partial charge in [-0.05, 0) is 80.2 Å². The Labute approximate surface area is 124 Å². The van der Waals surface area contributed by atoms with Crippen molar-refractivity contribution in [1.29, 1.82) is 0 Å². The molecule has 2 atom stereocenters. The smallest absolute Gasteiger partial charge is 0.00683 e. The van der Waals surface area contributed by atoms with Gasteiger partial charge < -0.3 is 5.32 Å². The minimum absolute atomic E-state index is 0.596. The van der Waals surface area contributed by atoms with Crippen LogP contribution in [0, 0.1) is 17.3 Å². The summed E-state index contributed by atoms with van der Waals surface area (Å²) in [6.45, 7) is 8.53. The maximum absolute atomic E-state index is 3.78. The Morgan fingerprint density at radius 3 is 2.63 bits per heavy atom. The summed E-state index contributed by atoms with van der Waals surface area (Å²) < 4.78 is 0. The molecule has 2 aliphatic carbocycles. The molecule has 0 aliphatic heterocycles. The number of nitrogens with one attached hydrogen (secondary N) is 1. The highest BCUT2D eigenvalue weighted by molar-refractivity contribution is 7.99. The molecule has 2 aliphatic rings. The summed E-state index contributed by atoms with van der Waals surface area (Å²) in [6, 6.07) is 0.881. The van der Waals surface area contributed by atoms with Crippen LogP contribution >= 0.6 is 11.8 Å². The number of hydrogen-bond donors (Lipinski definition) is 1. The van der Waals surface area contributed by atoms with Crippen LogP contribution < -0.4 is 5.32 Å². The van der Waals surface area contributed by atoms with E-state index < -0.39 is 0 Å². The summed E-state index contributed by atoms with van der Waals surface area (Å²) in [5.74, 6) is 4.59. The summed E-state index contributed by atoms with van der Waals surface area (Å²) in [5.41, 5.74) is 0.596. The highest BCUT2D eigenvalue weighted by Gasteiger charge is 2.35. The molecule has 0 bridgehead atoms. The van der Waals surface area contributed by atoms with Gasteiger partial charge in [0.1, 0.15) is 0 Å². The molecule has 0 heterocycles. The molecule has 0 aromatic carbocycles. The molecule has 0 aromatic rings. The van der Waals surface area contributed by atoms with Crippen molar-refractivity contribution >= 4 is 11.8 Å². The van der Waals surface area contributed by atoms with Gasteiger partial charge in [-0.3, -0.25) is 0 Å². The molecule has 2 fully saturated rings. The molecule has 0 aromatic heterocycles. The van der Waals surface area contributed by atoms with E-state index in [2.05, 4.69) is 37.8 Å². The average Bonchev–Trinajstić information content (AvgIpc) is 3.17. The Bertz CT molecular complexity index is 258. The van der Waals surface area contributed by atoms with Crippen LogP contribution in [-0.4, -0.2) is 24.1 Å². The van der Waals surface area contributed by atoms with Gasteiger partial charge in [0.15, 0.2) is 0 Å². The lowest BCUT2D eigenvalue weighted by Crippen LogP contribution is -2.36. The van der Waals surface area contributed by atoms with Crippen LogP contribution in [0.3, 0.4) is 0 Å². The topological polar surface area (TPSA) is 12.0 Å². The van der Waals surface area contributed by atoms with Crippen molar-refractivity contribution in [2.24, 2.45) is 17.3 Å². The van der Waals surface area contributed by atoms with E-state index in [0.717, 1.165) is 17.9 Å². The maximum Gasteiger partial charge on any atom is 0.00683 e. The molecular weight excluding hydrogens is 250 g/mol. The van der Waals surface area contributed by atoms with Crippen molar-refractivity contribution in [1.82, 2.24) is 5.32 Å². The van der Waals surface area contributed by atoms with E-state index in [4.69, 9.17) is 0 Å². The van der Waals surface area contributed by atoms with Crippen molar-refractivity contribution in [2.75, 3.05) is 18.1 Å². The number of thioether (sulfide) groups is 1. The second-order valence-corrected chi connectivity index (χ2v) is 8.84. The third-order valence-corrected chi connectivity index (χ3v) is 5.97. The monoisotopic (exact) mass is 283 g/mol. The molecule has 2 rings (SSSR count). The summed E-state index contributed by atoms with van der Waals surface area (Å²) in [4.78, 5) is 0. The normalized spacial score (nSPS) is 30.5. The van der Waals surface area contributed by atoms with Gasteiger partial charge in [0.05, 0.1) is 0 Å². The van der Waals surface area contributed by atoms with E-state index in [1.165, 1.54) is 63.0 Å².